The quantitative estimate of drug-likeness (QED) is 0.625. The second-order valence-corrected chi connectivity index (χ2v) is 8.90. The molecular weight excluding hydrogens is 418 g/mol. The van der Waals surface area contributed by atoms with Gasteiger partial charge >= 0.3 is 10.1 Å². The van der Waals surface area contributed by atoms with Gasteiger partial charge in [0, 0.05) is 19.6 Å². The van der Waals surface area contributed by atoms with E-state index in [0.29, 0.717) is 19.6 Å². The van der Waals surface area contributed by atoms with Crippen LogP contribution in [0.15, 0.2) is 48.5 Å². The molecule has 2 N–H and O–H groups in total. The van der Waals surface area contributed by atoms with Crippen molar-refractivity contribution in [3.05, 3.63) is 54.1 Å². The lowest BCUT2D eigenvalue weighted by Crippen LogP contribution is -2.46. The van der Waals surface area contributed by atoms with Gasteiger partial charge in [0.2, 0.25) is 0 Å². The molecule has 0 aromatic heterocycles. The summed E-state index contributed by atoms with van der Waals surface area (Å²) in [6, 6.07) is 15.8. The fourth-order valence-corrected chi connectivity index (χ4v) is 3.70. The van der Waals surface area contributed by atoms with Crippen LogP contribution in [0.2, 0.25) is 0 Å². The summed E-state index contributed by atoms with van der Waals surface area (Å²) in [6.45, 7) is 1.75. The topological polar surface area (TPSA) is 118 Å². The van der Waals surface area contributed by atoms with Crippen molar-refractivity contribution in [3.63, 3.8) is 0 Å². The third-order valence-corrected chi connectivity index (χ3v) is 5.22. The van der Waals surface area contributed by atoms with Crippen LogP contribution >= 0.6 is 0 Å². The van der Waals surface area contributed by atoms with Gasteiger partial charge in [0.05, 0.1) is 12.3 Å². The molecule has 1 heterocycles. The molecule has 0 aliphatic carbocycles. The molecule has 2 aromatic rings. The van der Waals surface area contributed by atoms with Gasteiger partial charge in [0.15, 0.2) is 0 Å². The summed E-state index contributed by atoms with van der Waals surface area (Å²) in [6.07, 6.45) is 1.61. The van der Waals surface area contributed by atoms with Gasteiger partial charge in [-0.15, -0.1) is 0 Å². The molecule has 8 nitrogen and oxygen atoms in total. The fourth-order valence-electron chi connectivity index (χ4n) is 3.25. The normalized spacial score (nSPS) is 17.7. The highest BCUT2D eigenvalue weighted by atomic mass is 32.2. The molecular formula is C22H25N3O5S. The maximum absolute atomic E-state index is 12.4. The molecule has 1 amide bonds. The van der Waals surface area contributed by atoms with Crippen LogP contribution in [-0.4, -0.2) is 52.4 Å². The second-order valence-electron chi connectivity index (χ2n) is 7.32. The van der Waals surface area contributed by atoms with Crippen molar-refractivity contribution in [1.82, 2.24) is 10.6 Å². The zero-order valence-corrected chi connectivity index (χ0v) is 18.0. The van der Waals surface area contributed by atoms with E-state index in [9.17, 15) is 18.5 Å². The Morgan fingerprint density at radius 3 is 2.77 bits per heavy atom. The number of rotatable bonds is 7. The van der Waals surface area contributed by atoms with Crippen LogP contribution in [0, 0.1) is 11.3 Å². The van der Waals surface area contributed by atoms with Crippen molar-refractivity contribution in [1.29, 1.82) is 5.26 Å². The van der Waals surface area contributed by atoms with Crippen LogP contribution in [0.1, 0.15) is 12.0 Å². The molecule has 2 atom stereocenters. The number of hydrogen-bond donors (Lipinski definition) is 2. The predicted octanol–water partition coefficient (Wildman–Crippen LogP) is 1.62. The minimum absolute atomic E-state index is 0.242. The number of nitrogens with one attached hydrogen (secondary N) is 2. The molecule has 0 saturated carbocycles. The van der Waals surface area contributed by atoms with Crippen LogP contribution in [0.5, 0.6) is 5.75 Å². The van der Waals surface area contributed by atoms with Gasteiger partial charge in [0.25, 0.3) is 5.91 Å². The first-order chi connectivity index (χ1) is 14.8. The Kier molecular flexibility index (Phi) is 7.63. The highest BCUT2D eigenvalue weighted by molar-refractivity contribution is 7.86. The third-order valence-electron chi connectivity index (χ3n) is 4.72. The number of carbonyl (C=O) groups excluding carboxylic acids is 1. The monoisotopic (exact) mass is 443 g/mol. The molecule has 1 saturated heterocycles. The van der Waals surface area contributed by atoms with Crippen molar-refractivity contribution in [2.24, 2.45) is 0 Å². The van der Waals surface area contributed by atoms with Gasteiger partial charge in [-0.05, 0) is 41.8 Å². The average Bonchev–Trinajstić information content (AvgIpc) is 3.02. The van der Waals surface area contributed by atoms with E-state index in [2.05, 4.69) is 16.7 Å². The maximum Gasteiger partial charge on any atom is 0.306 e. The standard InChI is InChI=1S/C22H25N3O5S/c1-31(27,28)30-20-5-2-4-18(13-20)17-8-6-16(7-9-17)12-19(14-23)25-22(26)21-15-24-10-3-11-29-21/h2,4-9,13,19,21,24H,3,10-12,15H2,1H3,(H,25,26)/t19?,21-/m0/s1. The van der Waals surface area contributed by atoms with E-state index < -0.39 is 22.3 Å². The Hall–Kier alpha value is -2.93. The summed E-state index contributed by atoms with van der Waals surface area (Å²) in [7, 11) is -3.60. The Labute approximate surface area is 182 Å². The molecule has 164 valence electrons. The lowest BCUT2D eigenvalue weighted by molar-refractivity contribution is -0.132. The number of nitriles is 1. The highest BCUT2D eigenvalue weighted by Gasteiger charge is 2.23. The Bertz CT molecular complexity index is 1040. The number of benzene rings is 2. The molecule has 9 heteroatoms. The Morgan fingerprint density at radius 2 is 2.06 bits per heavy atom. The Morgan fingerprint density at radius 1 is 1.29 bits per heavy atom. The first-order valence-electron chi connectivity index (χ1n) is 9.95. The van der Waals surface area contributed by atoms with Gasteiger partial charge < -0.3 is 19.6 Å². The number of nitrogens with zero attached hydrogens (tertiary/aromatic N) is 1. The number of carbonyl (C=O) groups is 1. The highest BCUT2D eigenvalue weighted by Crippen LogP contribution is 2.25. The van der Waals surface area contributed by atoms with Crippen molar-refractivity contribution < 1.29 is 22.1 Å². The van der Waals surface area contributed by atoms with Gasteiger partial charge in [-0.3, -0.25) is 4.79 Å². The molecule has 3 rings (SSSR count). The molecule has 1 fully saturated rings. The number of ether oxygens (including phenoxy) is 1. The summed E-state index contributed by atoms with van der Waals surface area (Å²) < 4.78 is 33.1. The SMILES string of the molecule is CS(=O)(=O)Oc1cccc(-c2ccc(CC(C#N)NC(=O)[C@@H]3CNCCCO3)cc2)c1. The van der Waals surface area contributed by atoms with E-state index in [1.54, 1.807) is 18.2 Å². The number of hydrogen-bond acceptors (Lipinski definition) is 7. The minimum atomic E-state index is -3.60. The van der Waals surface area contributed by atoms with E-state index in [-0.39, 0.29) is 11.7 Å². The second kappa shape index (κ2) is 10.4. The molecule has 1 unspecified atom stereocenters. The van der Waals surface area contributed by atoms with Gasteiger partial charge in [0.1, 0.15) is 17.9 Å². The van der Waals surface area contributed by atoms with E-state index in [1.807, 2.05) is 30.3 Å². The molecule has 2 aromatic carbocycles. The van der Waals surface area contributed by atoms with Crippen molar-refractivity contribution in [2.75, 3.05) is 26.0 Å². The zero-order valence-electron chi connectivity index (χ0n) is 17.2. The summed E-state index contributed by atoms with van der Waals surface area (Å²) in [5.74, 6) is -0.0492. The van der Waals surface area contributed by atoms with E-state index in [0.717, 1.165) is 35.9 Å². The van der Waals surface area contributed by atoms with Crippen LogP contribution in [0.4, 0.5) is 0 Å². The predicted molar refractivity (Wildman–Crippen MR) is 116 cm³/mol. The molecule has 0 bridgehead atoms. The summed E-state index contributed by atoms with van der Waals surface area (Å²) in [4.78, 5) is 12.4. The maximum atomic E-state index is 12.4. The van der Waals surface area contributed by atoms with Gasteiger partial charge in [-0.2, -0.15) is 13.7 Å². The van der Waals surface area contributed by atoms with Gasteiger partial charge in [-0.1, -0.05) is 36.4 Å². The first-order valence-corrected chi connectivity index (χ1v) is 11.8. The lowest BCUT2D eigenvalue weighted by Gasteiger charge is -2.18. The molecule has 0 spiro atoms. The Balaban J connectivity index is 1.63. The van der Waals surface area contributed by atoms with E-state index in [1.165, 1.54) is 0 Å². The van der Waals surface area contributed by atoms with Gasteiger partial charge in [-0.25, -0.2) is 0 Å². The van der Waals surface area contributed by atoms with Crippen LogP contribution in [0.25, 0.3) is 11.1 Å². The summed E-state index contributed by atoms with van der Waals surface area (Å²) in [5, 5.41) is 15.4. The smallest absolute Gasteiger partial charge is 0.306 e. The first kappa shape index (κ1) is 22.7. The number of amides is 1. The van der Waals surface area contributed by atoms with E-state index >= 15 is 0 Å². The fraction of sp³-hybridized carbons (Fsp3) is 0.364. The summed E-state index contributed by atoms with van der Waals surface area (Å²) in [5.41, 5.74) is 2.56. The van der Waals surface area contributed by atoms with Crippen LogP contribution in [-0.2, 0) is 26.1 Å². The van der Waals surface area contributed by atoms with Crippen LogP contribution in [0.3, 0.4) is 0 Å². The molecule has 1 aliphatic rings. The van der Waals surface area contributed by atoms with E-state index in [4.69, 9.17) is 8.92 Å². The van der Waals surface area contributed by atoms with Crippen LogP contribution < -0.4 is 14.8 Å². The molecule has 31 heavy (non-hydrogen) atoms. The zero-order chi connectivity index (χ0) is 22.3. The lowest BCUT2D eigenvalue weighted by atomic mass is 10.0. The molecule has 0 radical (unpaired) electrons. The molecule has 1 aliphatic heterocycles. The largest absolute Gasteiger partial charge is 0.383 e. The van der Waals surface area contributed by atoms with Crippen molar-refractivity contribution in [2.45, 2.75) is 25.0 Å². The third kappa shape index (κ3) is 7.07. The van der Waals surface area contributed by atoms with Crippen molar-refractivity contribution >= 4 is 16.0 Å². The summed E-state index contributed by atoms with van der Waals surface area (Å²) >= 11 is 0. The van der Waals surface area contributed by atoms with Crippen molar-refractivity contribution in [3.8, 4) is 22.9 Å². The minimum Gasteiger partial charge on any atom is -0.383 e. The average molecular weight is 444 g/mol.